The van der Waals surface area contributed by atoms with Gasteiger partial charge >= 0.3 is 0 Å². The zero-order chi connectivity index (χ0) is 25.7. The molecule has 36 heavy (non-hydrogen) atoms. The van der Waals surface area contributed by atoms with E-state index in [1.807, 2.05) is 6.92 Å². The van der Waals surface area contributed by atoms with E-state index in [9.17, 15) is 22.0 Å². The number of carbonyl (C=O) groups excluding carboxylic acids is 1. The maximum atomic E-state index is 13.8. The Hall–Kier alpha value is -2.92. The highest BCUT2D eigenvalue weighted by Gasteiger charge is 2.37. The monoisotopic (exact) mass is 521 g/mol. The molecule has 2 aliphatic carbocycles. The van der Waals surface area contributed by atoms with E-state index < -0.39 is 34.0 Å². The third-order valence-electron chi connectivity index (χ3n) is 6.10. The number of allylic oxidation sites excluding steroid dienone is 1. The second-order valence-electron chi connectivity index (χ2n) is 8.85. The number of hydrogen-bond acceptors (Lipinski definition) is 7. The zero-order valence-electron chi connectivity index (χ0n) is 19.9. The van der Waals surface area contributed by atoms with Crippen LogP contribution < -0.4 is 10.1 Å². The van der Waals surface area contributed by atoms with Crippen LogP contribution in [0.3, 0.4) is 0 Å². The SMILES string of the molecule is CCOCCOc1cnc(NC(=O)/C(=C/C2C[C@@H](F)[C@@H](F)C2)c2ccc(S(=O)(=O)C3CC3)cc2)cn1. The predicted octanol–water partition coefficient (Wildman–Crippen LogP) is 3.94. The second-order valence-corrected chi connectivity index (χ2v) is 11.1. The van der Waals surface area contributed by atoms with Crippen LogP contribution in [0.4, 0.5) is 14.6 Å². The van der Waals surface area contributed by atoms with Crippen LogP contribution in [0.25, 0.3) is 5.57 Å². The molecule has 2 aromatic rings. The summed E-state index contributed by atoms with van der Waals surface area (Å²) in [7, 11) is -3.39. The molecule has 0 aliphatic heterocycles. The number of anilines is 1. The number of sulfone groups is 1. The fourth-order valence-corrected chi connectivity index (χ4v) is 5.69. The number of halogens is 2. The van der Waals surface area contributed by atoms with Crippen LogP contribution in [-0.4, -0.2) is 61.7 Å². The largest absolute Gasteiger partial charge is 0.474 e. The molecule has 0 spiro atoms. The first-order valence-electron chi connectivity index (χ1n) is 12.0. The number of benzene rings is 1. The Bertz CT molecular complexity index is 1180. The zero-order valence-corrected chi connectivity index (χ0v) is 20.7. The molecule has 2 saturated carbocycles. The molecule has 0 radical (unpaired) electrons. The summed E-state index contributed by atoms with van der Waals surface area (Å²) in [6, 6.07) is 6.00. The molecule has 4 rings (SSSR count). The Morgan fingerprint density at radius 3 is 2.36 bits per heavy atom. The summed E-state index contributed by atoms with van der Waals surface area (Å²) < 4.78 is 63.2. The predicted molar refractivity (Wildman–Crippen MR) is 130 cm³/mol. The summed E-state index contributed by atoms with van der Waals surface area (Å²) in [6.07, 6.45) is 2.31. The molecule has 1 unspecified atom stereocenters. The maximum absolute atomic E-state index is 13.8. The molecule has 2 fully saturated rings. The average Bonchev–Trinajstić information content (AvgIpc) is 3.68. The number of rotatable bonds is 11. The van der Waals surface area contributed by atoms with Gasteiger partial charge in [-0.1, -0.05) is 18.2 Å². The van der Waals surface area contributed by atoms with Crippen molar-refractivity contribution in [2.24, 2.45) is 5.92 Å². The van der Waals surface area contributed by atoms with Crippen LogP contribution in [0.2, 0.25) is 0 Å². The van der Waals surface area contributed by atoms with Gasteiger partial charge in [0.25, 0.3) is 5.91 Å². The van der Waals surface area contributed by atoms with Crippen LogP contribution in [-0.2, 0) is 19.4 Å². The van der Waals surface area contributed by atoms with Crippen molar-refractivity contribution >= 4 is 27.1 Å². The Labute approximate surface area is 209 Å². The molecule has 0 bridgehead atoms. The summed E-state index contributed by atoms with van der Waals surface area (Å²) in [5, 5.41) is 2.29. The summed E-state index contributed by atoms with van der Waals surface area (Å²) in [4.78, 5) is 21.6. The van der Waals surface area contributed by atoms with Crippen molar-refractivity contribution in [1.29, 1.82) is 0 Å². The Morgan fingerprint density at radius 2 is 1.78 bits per heavy atom. The summed E-state index contributed by atoms with van der Waals surface area (Å²) in [5.41, 5.74) is 0.610. The third kappa shape index (κ3) is 6.44. The highest BCUT2D eigenvalue weighted by molar-refractivity contribution is 7.92. The van der Waals surface area contributed by atoms with Gasteiger partial charge in [-0.05, 0) is 56.2 Å². The molecule has 0 saturated heterocycles. The lowest BCUT2D eigenvalue weighted by atomic mass is 9.98. The number of hydrogen-bond donors (Lipinski definition) is 1. The Morgan fingerprint density at radius 1 is 1.08 bits per heavy atom. The summed E-state index contributed by atoms with van der Waals surface area (Å²) in [6.45, 7) is 3.17. The fraction of sp³-hybridized carbons (Fsp3) is 0.480. The minimum atomic E-state index is -3.39. The Balaban J connectivity index is 1.51. The van der Waals surface area contributed by atoms with Crippen molar-refractivity contribution < 1.29 is 31.5 Å². The highest BCUT2D eigenvalue weighted by Crippen LogP contribution is 2.36. The van der Waals surface area contributed by atoms with Gasteiger partial charge in [0, 0.05) is 12.2 Å². The van der Waals surface area contributed by atoms with Gasteiger partial charge in [0.05, 0.1) is 29.1 Å². The van der Waals surface area contributed by atoms with Gasteiger partial charge in [0.1, 0.15) is 19.0 Å². The van der Waals surface area contributed by atoms with Crippen molar-refractivity contribution in [3.63, 3.8) is 0 Å². The molecule has 1 amide bonds. The van der Waals surface area contributed by atoms with Crippen LogP contribution >= 0.6 is 0 Å². The van der Waals surface area contributed by atoms with Gasteiger partial charge < -0.3 is 14.8 Å². The van der Waals surface area contributed by atoms with Crippen molar-refractivity contribution in [3.05, 3.63) is 48.3 Å². The van der Waals surface area contributed by atoms with Crippen molar-refractivity contribution in [2.45, 2.75) is 55.1 Å². The number of ether oxygens (including phenoxy) is 2. The molecule has 3 atom stereocenters. The number of alkyl halides is 2. The molecule has 2 aliphatic rings. The van der Waals surface area contributed by atoms with Gasteiger partial charge in [-0.2, -0.15) is 0 Å². The third-order valence-corrected chi connectivity index (χ3v) is 8.38. The standard InChI is InChI=1S/C25H29F2N3O5S/c1-2-34-9-10-35-24-15-28-23(14-29-24)30-25(31)20(11-16-12-21(26)22(27)13-16)17-3-5-18(6-4-17)36(32,33)19-7-8-19/h3-6,11,14-16,19,21-22H,2,7-10,12-13H2,1H3,(H,28,30,31)/b20-11+/t16?,21-,22+. The normalized spacial score (nSPS) is 22.4. The van der Waals surface area contributed by atoms with E-state index in [1.165, 1.54) is 36.7 Å². The number of nitrogens with zero attached hydrogens (tertiary/aromatic N) is 2. The first-order chi connectivity index (χ1) is 17.3. The molecular formula is C25H29F2N3O5S. The van der Waals surface area contributed by atoms with Crippen molar-refractivity contribution in [1.82, 2.24) is 9.97 Å². The summed E-state index contributed by atoms with van der Waals surface area (Å²) >= 11 is 0. The van der Waals surface area contributed by atoms with E-state index in [4.69, 9.17) is 9.47 Å². The minimum absolute atomic E-state index is 0.0281. The molecule has 1 aromatic heterocycles. The Kier molecular flexibility index (Phi) is 8.30. The van der Waals surface area contributed by atoms with E-state index >= 15 is 0 Å². The average molecular weight is 522 g/mol. The van der Waals surface area contributed by atoms with E-state index in [0.717, 1.165) is 0 Å². The molecule has 1 N–H and O–H groups in total. The van der Waals surface area contributed by atoms with Gasteiger partial charge in [0.15, 0.2) is 15.7 Å². The number of aromatic nitrogens is 2. The number of amides is 1. The van der Waals surface area contributed by atoms with E-state index in [2.05, 4.69) is 15.3 Å². The van der Waals surface area contributed by atoms with Crippen molar-refractivity contribution in [3.8, 4) is 5.88 Å². The quantitative estimate of drug-likeness (QED) is 0.353. The lowest BCUT2D eigenvalue weighted by Gasteiger charge is -2.13. The summed E-state index contributed by atoms with van der Waals surface area (Å²) in [5.74, 6) is -0.596. The fourth-order valence-electron chi connectivity index (χ4n) is 4.03. The number of nitrogens with one attached hydrogen (secondary N) is 1. The van der Waals surface area contributed by atoms with E-state index in [1.54, 1.807) is 6.08 Å². The first kappa shape index (κ1) is 26.2. The topological polar surface area (TPSA) is 107 Å². The minimum Gasteiger partial charge on any atom is -0.474 e. The van der Waals surface area contributed by atoms with E-state index in [0.29, 0.717) is 38.2 Å². The van der Waals surface area contributed by atoms with Gasteiger partial charge in [-0.25, -0.2) is 27.2 Å². The van der Waals surface area contributed by atoms with Gasteiger partial charge in [0.2, 0.25) is 5.88 Å². The van der Waals surface area contributed by atoms with Gasteiger partial charge in [-0.15, -0.1) is 0 Å². The van der Waals surface area contributed by atoms with E-state index in [-0.39, 0.29) is 40.3 Å². The first-order valence-corrected chi connectivity index (χ1v) is 13.5. The second kappa shape index (κ2) is 11.4. The molecule has 1 aromatic carbocycles. The number of carbonyl (C=O) groups is 1. The molecule has 1 heterocycles. The van der Waals surface area contributed by atoms with Crippen LogP contribution in [0.15, 0.2) is 47.6 Å². The lowest BCUT2D eigenvalue weighted by Crippen LogP contribution is -2.16. The molecule has 11 heteroatoms. The van der Waals surface area contributed by atoms with Crippen molar-refractivity contribution in [2.75, 3.05) is 25.1 Å². The van der Waals surface area contributed by atoms with Crippen LogP contribution in [0.5, 0.6) is 5.88 Å². The smallest absolute Gasteiger partial charge is 0.257 e. The van der Waals surface area contributed by atoms with Crippen LogP contribution in [0, 0.1) is 5.92 Å². The molecule has 194 valence electrons. The molecule has 8 nitrogen and oxygen atoms in total. The lowest BCUT2D eigenvalue weighted by molar-refractivity contribution is -0.111. The molecular weight excluding hydrogens is 492 g/mol. The maximum Gasteiger partial charge on any atom is 0.257 e. The highest BCUT2D eigenvalue weighted by atomic mass is 32.2. The van der Waals surface area contributed by atoms with Crippen LogP contribution in [0.1, 0.15) is 38.2 Å². The van der Waals surface area contributed by atoms with Gasteiger partial charge in [-0.3, -0.25) is 4.79 Å².